The van der Waals surface area contributed by atoms with Crippen molar-refractivity contribution in [1.82, 2.24) is 4.98 Å². The Morgan fingerprint density at radius 1 is 1.30 bits per heavy atom. The van der Waals surface area contributed by atoms with Crippen LogP contribution in [0.25, 0.3) is 0 Å². The van der Waals surface area contributed by atoms with Gasteiger partial charge in [0.2, 0.25) is 5.88 Å². The van der Waals surface area contributed by atoms with Gasteiger partial charge in [-0.2, -0.15) is 0 Å². The van der Waals surface area contributed by atoms with Gasteiger partial charge in [0.25, 0.3) is 0 Å². The molecule has 6 nitrogen and oxygen atoms in total. The molecule has 0 radical (unpaired) electrons. The minimum Gasteiger partial charge on any atom is -0.480 e. The number of nitrogens with zero attached hydrogens (tertiary/aromatic N) is 1. The largest absolute Gasteiger partial charge is 0.480 e. The van der Waals surface area contributed by atoms with E-state index in [2.05, 4.69) is 32.3 Å². The van der Waals surface area contributed by atoms with Crippen molar-refractivity contribution in [2.24, 2.45) is 34.0 Å². The number of hydrogen-bond donors (Lipinski definition) is 1. The number of ketones is 1. The second-order valence-corrected chi connectivity index (χ2v) is 11.0. The van der Waals surface area contributed by atoms with Gasteiger partial charge in [-0.3, -0.25) is 4.79 Å². The van der Waals surface area contributed by atoms with E-state index < -0.39 is 29.0 Å². The van der Waals surface area contributed by atoms with Gasteiger partial charge in [0.15, 0.2) is 0 Å². The van der Waals surface area contributed by atoms with Crippen LogP contribution in [0.3, 0.4) is 0 Å². The molecule has 3 unspecified atom stereocenters. The SMILES string of the molecule is C=C[C@]1(C)C[C@@H](OC(=O)c2cccnc2OC)[C@]2(C)C(C)CCC3(CCC(=O)C32)[C@@H](C)[C@@H]1O. The highest BCUT2D eigenvalue weighted by atomic mass is 16.5. The van der Waals surface area contributed by atoms with E-state index in [9.17, 15) is 14.7 Å². The Kier molecular flexibility index (Phi) is 5.97. The van der Waals surface area contributed by atoms with Crippen LogP contribution in [-0.2, 0) is 9.53 Å². The number of Topliss-reactive ketones (excluding diaryl/α,β-unsaturated/α-hetero) is 1. The number of ether oxygens (including phenoxy) is 2. The summed E-state index contributed by atoms with van der Waals surface area (Å²) >= 11 is 0. The Bertz CT molecular complexity index is 962. The number of methoxy groups -OCH3 is 1. The smallest absolute Gasteiger partial charge is 0.343 e. The first-order valence-corrected chi connectivity index (χ1v) is 12.1. The topological polar surface area (TPSA) is 85.7 Å². The molecule has 1 heterocycles. The Morgan fingerprint density at radius 3 is 2.70 bits per heavy atom. The molecule has 1 aromatic heterocycles. The maximum Gasteiger partial charge on any atom is 0.343 e. The third-order valence-corrected chi connectivity index (χ3v) is 9.74. The minimum absolute atomic E-state index is 0.0566. The summed E-state index contributed by atoms with van der Waals surface area (Å²) in [6, 6.07) is 3.31. The Morgan fingerprint density at radius 2 is 2.03 bits per heavy atom. The molecule has 33 heavy (non-hydrogen) atoms. The van der Waals surface area contributed by atoms with Crippen molar-refractivity contribution in [2.45, 2.75) is 72.0 Å². The fourth-order valence-corrected chi connectivity index (χ4v) is 7.40. The van der Waals surface area contributed by atoms with Gasteiger partial charge in [-0.05, 0) is 55.1 Å². The number of rotatable bonds is 4. The van der Waals surface area contributed by atoms with Crippen molar-refractivity contribution in [2.75, 3.05) is 7.11 Å². The van der Waals surface area contributed by atoms with Crippen molar-refractivity contribution in [3.05, 3.63) is 36.5 Å². The zero-order chi connectivity index (χ0) is 24.2. The van der Waals surface area contributed by atoms with E-state index in [1.54, 1.807) is 24.4 Å². The number of aliphatic hydroxyl groups excluding tert-OH is 1. The van der Waals surface area contributed by atoms with Crippen molar-refractivity contribution >= 4 is 11.8 Å². The lowest BCUT2D eigenvalue weighted by atomic mass is 9.44. The molecule has 1 N–H and O–H groups in total. The Hall–Kier alpha value is -2.21. The molecule has 3 saturated carbocycles. The lowest BCUT2D eigenvalue weighted by molar-refractivity contribution is -0.192. The van der Waals surface area contributed by atoms with Crippen LogP contribution in [0.1, 0.15) is 70.2 Å². The Labute approximate surface area is 196 Å². The first-order valence-electron chi connectivity index (χ1n) is 12.1. The van der Waals surface area contributed by atoms with Gasteiger partial charge >= 0.3 is 5.97 Å². The predicted molar refractivity (Wildman–Crippen MR) is 125 cm³/mol. The molecule has 0 aromatic carbocycles. The number of esters is 1. The third kappa shape index (κ3) is 3.36. The molecule has 3 fully saturated rings. The average molecular weight is 456 g/mol. The molecule has 0 spiro atoms. The van der Waals surface area contributed by atoms with Gasteiger partial charge in [0.05, 0.1) is 13.2 Å². The number of aromatic nitrogens is 1. The second-order valence-electron chi connectivity index (χ2n) is 11.0. The van der Waals surface area contributed by atoms with Crippen LogP contribution in [0.15, 0.2) is 31.0 Å². The predicted octanol–water partition coefficient (Wildman–Crippen LogP) is 4.61. The normalized spacial score (nSPS) is 42.6. The van der Waals surface area contributed by atoms with E-state index in [0.29, 0.717) is 12.8 Å². The van der Waals surface area contributed by atoms with Gasteiger partial charge < -0.3 is 14.6 Å². The molecule has 0 saturated heterocycles. The van der Waals surface area contributed by atoms with E-state index in [1.165, 1.54) is 7.11 Å². The summed E-state index contributed by atoms with van der Waals surface area (Å²) in [5.74, 6) is -0.190. The number of aliphatic hydroxyl groups is 1. The zero-order valence-corrected chi connectivity index (χ0v) is 20.5. The number of pyridine rings is 1. The van der Waals surface area contributed by atoms with Crippen LogP contribution < -0.4 is 4.74 Å². The standard InChI is InChI=1S/C27H37NO5/c1-7-25(4)15-20(33-24(31)18-9-8-14-28-23(18)32-6)26(5)16(2)10-12-27(17(3)22(25)30)13-11-19(29)21(26)27/h7-9,14,16-17,20-22,30H,1,10-13,15H2,2-6H3/t16?,17-,20+,21?,22-,25+,26-,27?/m0/s1. The number of hydrogen-bond acceptors (Lipinski definition) is 6. The van der Waals surface area contributed by atoms with Crippen LogP contribution in [0.2, 0.25) is 0 Å². The maximum atomic E-state index is 13.4. The highest BCUT2D eigenvalue weighted by Gasteiger charge is 2.68. The molecule has 2 bridgehead atoms. The van der Waals surface area contributed by atoms with E-state index in [4.69, 9.17) is 9.47 Å². The first kappa shape index (κ1) is 23.9. The average Bonchev–Trinajstić information content (AvgIpc) is 3.17. The van der Waals surface area contributed by atoms with Crippen LogP contribution in [0.5, 0.6) is 5.88 Å². The summed E-state index contributed by atoms with van der Waals surface area (Å²) in [6.07, 6.45) is 5.65. The second kappa shape index (κ2) is 8.23. The summed E-state index contributed by atoms with van der Waals surface area (Å²) in [6.45, 7) is 12.4. The molecular formula is C27H37NO5. The fraction of sp³-hybridized carbons (Fsp3) is 0.667. The van der Waals surface area contributed by atoms with Crippen LogP contribution in [-0.4, -0.2) is 41.2 Å². The highest BCUT2D eigenvalue weighted by molar-refractivity contribution is 5.92. The lowest BCUT2D eigenvalue weighted by Crippen LogP contribution is -2.63. The van der Waals surface area contributed by atoms with Gasteiger partial charge in [0.1, 0.15) is 17.5 Å². The van der Waals surface area contributed by atoms with E-state index in [-0.39, 0.29) is 40.4 Å². The lowest BCUT2D eigenvalue weighted by Gasteiger charge is -2.61. The van der Waals surface area contributed by atoms with Crippen LogP contribution in [0, 0.1) is 34.0 Å². The maximum absolute atomic E-state index is 13.4. The fourth-order valence-electron chi connectivity index (χ4n) is 7.40. The van der Waals surface area contributed by atoms with Crippen LogP contribution in [0.4, 0.5) is 0 Å². The molecule has 8 atom stereocenters. The third-order valence-electron chi connectivity index (χ3n) is 9.74. The molecule has 3 aliphatic carbocycles. The van der Waals surface area contributed by atoms with Gasteiger partial charge in [-0.25, -0.2) is 9.78 Å². The van der Waals surface area contributed by atoms with E-state index in [1.807, 2.05) is 6.92 Å². The summed E-state index contributed by atoms with van der Waals surface area (Å²) in [5.41, 5.74) is -1.24. The molecule has 3 aliphatic rings. The zero-order valence-electron chi connectivity index (χ0n) is 20.5. The summed E-state index contributed by atoms with van der Waals surface area (Å²) < 4.78 is 11.6. The van der Waals surface area contributed by atoms with Gasteiger partial charge in [-0.1, -0.05) is 33.8 Å². The minimum atomic E-state index is -0.685. The Balaban J connectivity index is 1.85. The highest BCUT2D eigenvalue weighted by Crippen LogP contribution is 2.68. The molecule has 180 valence electrons. The van der Waals surface area contributed by atoms with E-state index in [0.717, 1.165) is 19.3 Å². The van der Waals surface area contributed by atoms with Crippen molar-refractivity contribution in [3.63, 3.8) is 0 Å². The molecule has 1 aromatic rings. The number of carbonyl (C=O) groups is 2. The van der Waals surface area contributed by atoms with Crippen LogP contribution >= 0.6 is 0 Å². The van der Waals surface area contributed by atoms with Crippen molar-refractivity contribution in [1.29, 1.82) is 0 Å². The quantitative estimate of drug-likeness (QED) is 0.527. The van der Waals surface area contributed by atoms with Gasteiger partial charge in [0, 0.05) is 29.4 Å². The summed E-state index contributed by atoms with van der Waals surface area (Å²) in [5, 5.41) is 11.6. The molecule has 4 rings (SSSR count). The summed E-state index contributed by atoms with van der Waals surface area (Å²) in [7, 11) is 1.47. The van der Waals surface area contributed by atoms with E-state index >= 15 is 0 Å². The number of carbonyl (C=O) groups excluding carboxylic acids is 2. The molecule has 0 amide bonds. The monoisotopic (exact) mass is 455 g/mol. The first-order chi connectivity index (χ1) is 15.5. The molecular weight excluding hydrogens is 418 g/mol. The summed E-state index contributed by atoms with van der Waals surface area (Å²) in [4.78, 5) is 31.0. The molecule has 0 aliphatic heterocycles. The van der Waals surface area contributed by atoms with Crippen molar-refractivity contribution < 1.29 is 24.2 Å². The van der Waals surface area contributed by atoms with Gasteiger partial charge in [-0.15, -0.1) is 6.58 Å². The van der Waals surface area contributed by atoms with Crippen molar-refractivity contribution in [3.8, 4) is 5.88 Å². The molecule has 6 heteroatoms.